The third-order valence-electron chi connectivity index (χ3n) is 5.35. The summed E-state index contributed by atoms with van der Waals surface area (Å²) in [6.45, 7) is 10.5. The SMILES string of the molecule is CN(C)C(C)(C)c1nnnn1C(C(Oc1ccc(Cl)cc1)n1cncn1)C(C)(C)C. The van der Waals surface area contributed by atoms with Gasteiger partial charge in [0.15, 0.2) is 5.82 Å². The van der Waals surface area contributed by atoms with Crippen LogP contribution in [0.15, 0.2) is 36.9 Å². The van der Waals surface area contributed by atoms with Crippen molar-refractivity contribution in [1.29, 1.82) is 0 Å². The second-order valence-corrected chi connectivity index (χ2v) is 9.49. The molecule has 2 aromatic heterocycles. The largest absolute Gasteiger partial charge is 0.466 e. The van der Waals surface area contributed by atoms with Gasteiger partial charge in [0.1, 0.15) is 24.4 Å². The molecule has 2 unspecified atom stereocenters. The van der Waals surface area contributed by atoms with Gasteiger partial charge < -0.3 is 4.74 Å². The first kappa shape index (κ1) is 22.2. The van der Waals surface area contributed by atoms with Crippen molar-refractivity contribution in [1.82, 2.24) is 39.9 Å². The highest BCUT2D eigenvalue weighted by Crippen LogP contribution is 2.41. The van der Waals surface area contributed by atoms with Crippen molar-refractivity contribution < 1.29 is 4.74 Å². The summed E-state index contributed by atoms with van der Waals surface area (Å²) < 4.78 is 9.97. The molecule has 3 aromatic rings. The molecule has 0 bridgehead atoms. The molecule has 0 saturated carbocycles. The maximum absolute atomic E-state index is 6.43. The number of benzene rings is 1. The zero-order valence-electron chi connectivity index (χ0n) is 18.5. The predicted octanol–water partition coefficient (Wildman–Crippen LogP) is 3.58. The van der Waals surface area contributed by atoms with E-state index in [4.69, 9.17) is 16.3 Å². The Morgan fingerprint density at radius 2 is 1.73 bits per heavy atom. The van der Waals surface area contributed by atoms with E-state index >= 15 is 0 Å². The van der Waals surface area contributed by atoms with Crippen LogP contribution in [0.25, 0.3) is 0 Å². The summed E-state index contributed by atoms with van der Waals surface area (Å²) in [5.74, 6) is 1.40. The average Bonchev–Trinajstić information content (AvgIpc) is 3.33. The van der Waals surface area contributed by atoms with E-state index in [1.165, 1.54) is 6.33 Å². The number of ether oxygens (including phenoxy) is 1. The summed E-state index contributed by atoms with van der Waals surface area (Å²) in [5.41, 5.74) is -0.685. The lowest BCUT2D eigenvalue weighted by Crippen LogP contribution is -2.43. The van der Waals surface area contributed by atoms with Gasteiger partial charge in [-0.25, -0.2) is 14.3 Å². The summed E-state index contributed by atoms with van der Waals surface area (Å²) in [5, 5.41) is 17.8. The van der Waals surface area contributed by atoms with Gasteiger partial charge in [0.25, 0.3) is 0 Å². The highest BCUT2D eigenvalue weighted by atomic mass is 35.5. The fourth-order valence-corrected chi connectivity index (χ4v) is 3.29. The van der Waals surface area contributed by atoms with Gasteiger partial charge in [-0.15, -0.1) is 5.10 Å². The summed E-state index contributed by atoms with van der Waals surface area (Å²) in [7, 11) is 4.01. The zero-order valence-corrected chi connectivity index (χ0v) is 19.2. The maximum Gasteiger partial charge on any atom is 0.215 e. The third-order valence-corrected chi connectivity index (χ3v) is 5.60. The standard InChI is InChI=1S/C20H29ClN8O/c1-19(2,3)16(29-18(24-25-26-29)20(4,5)27(6)7)17(28-13-22-12-23-28)30-15-10-8-14(21)9-11-15/h8-13,16-17H,1-7H3. The first-order valence-electron chi connectivity index (χ1n) is 9.74. The minimum Gasteiger partial charge on any atom is -0.466 e. The Hall–Kier alpha value is -2.52. The smallest absolute Gasteiger partial charge is 0.215 e. The Bertz CT molecular complexity index is 944. The van der Waals surface area contributed by atoms with Crippen molar-refractivity contribution in [3.05, 3.63) is 47.8 Å². The van der Waals surface area contributed by atoms with Crippen LogP contribution in [0, 0.1) is 5.41 Å². The zero-order chi connectivity index (χ0) is 22.1. The molecule has 0 fully saturated rings. The average molecular weight is 433 g/mol. The Balaban J connectivity index is 2.13. The Morgan fingerprint density at radius 1 is 1.07 bits per heavy atom. The monoisotopic (exact) mass is 432 g/mol. The van der Waals surface area contributed by atoms with Crippen LogP contribution >= 0.6 is 11.6 Å². The molecule has 0 saturated heterocycles. The van der Waals surface area contributed by atoms with Crippen molar-refractivity contribution >= 4 is 11.6 Å². The predicted molar refractivity (Wildman–Crippen MR) is 114 cm³/mol. The van der Waals surface area contributed by atoms with Gasteiger partial charge >= 0.3 is 0 Å². The van der Waals surface area contributed by atoms with Gasteiger partial charge in [0, 0.05) is 5.02 Å². The third kappa shape index (κ3) is 4.46. The number of aromatic nitrogens is 7. The number of halogens is 1. The summed E-state index contributed by atoms with van der Waals surface area (Å²) in [4.78, 5) is 6.21. The normalized spacial score (nSPS) is 14.7. The van der Waals surface area contributed by atoms with Gasteiger partial charge in [-0.1, -0.05) is 32.4 Å². The molecular weight excluding hydrogens is 404 g/mol. The fraction of sp³-hybridized carbons (Fsp3) is 0.550. The molecule has 1 aromatic carbocycles. The quantitative estimate of drug-likeness (QED) is 0.563. The van der Waals surface area contributed by atoms with Crippen LogP contribution in [0.4, 0.5) is 0 Å². The van der Waals surface area contributed by atoms with Gasteiger partial charge in [-0.2, -0.15) is 5.10 Å². The van der Waals surface area contributed by atoms with Crippen LogP contribution < -0.4 is 4.74 Å². The molecule has 162 valence electrons. The van der Waals surface area contributed by atoms with E-state index in [0.717, 1.165) is 5.82 Å². The number of hydrogen-bond acceptors (Lipinski definition) is 7. The van der Waals surface area contributed by atoms with E-state index in [1.807, 2.05) is 30.9 Å². The Kier molecular flexibility index (Phi) is 6.14. The van der Waals surface area contributed by atoms with Crippen LogP contribution in [0.2, 0.25) is 5.02 Å². The highest BCUT2D eigenvalue weighted by molar-refractivity contribution is 6.30. The molecule has 0 aliphatic carbocycles. The van der Waals surface area contributed by atoms with Crippen LogP contribution in [0.5, 0.6) is 5.75 Å². The molecule has 0 aliphatic rings. The van der Waals surface area contributed by atoms with Crippen molar-refractivity contribution in [2.45, 2.75) is 52.4 Å². The van der Waals surface area contributed by atoms with Crippen LogP contribution in [0.1, 0.15) is 52.7 Å². The summed E-state index contributed by atoms with van der Waals surface area (Å²) in [6, 6.07) is 6.95. The van der Waals surface area contributed by atoms with Crippen LogP contribution in [-0.2, 0) is 5.54 Å². The van der Waals surface area contributed by atoms with Crippen molar-refractivity contribution in [3.63, 3.8) is 0 Å². The van der Waals surface area contributed by atoms with E-state index in [1.54, 1.807) is 23.1 Å². The highest BCUT2D eigenvalue weighted by Gasteiger charge is 2.42. The molecule has 2 heterocycles. The summed E-state index contributed by atoms with van der Waals surface area (Å²) in [6.07, 6.45) is 2.58. The number of nitrogens with zero attached hydrogens (tertiary/aromatic N) is 8. The van der Waals surface area contributed by atoms with Gasteiger partial charge in [-0.05, 0) is 68.1 Å². The van der Waals surface area contributed by atoms with E-state index in [0.29, 0.717) is 10.8 Å². The minimum absolute atomic E-state index is 0.282. The van der Waals surface area contributed by atoms with E-state index in [9.17, 15) is 0 Å². The number of tetrazole rings is 1. The van der Waals surface area contributed by atoms with Crippen molar-refractivity contribution in [2.75, 3.05) is 14.1 Å². The minimum atomic E-state index is -0.547. The van der Waals surface area contributed by atoms with E-state index in [-0.39, 0.29) is 11.5 Å². The topological polar surface area (TPSA) is 86.8 Å². The van der Waals surface area contributed by atoms with Crippen molar-refractivity contribution in [3.8, 4) is 5.75 Å². The first-order chi connectivity index (χ1) is 14.0. The van der Waals surface area contributed by atoms with Gasteiger partial charge in [0.05, 0.1) is 5.54 Å². The Morgan fingerprint density at radius 3 is 2.27 bits per heavy atom. The molecule has 0 N–H and O–H groups in total. The molecule has 10 heteroatoms. The second kappa shape index (κ2) is 8.31. The number of hydrogen-bond donors (Lipinski definition) is 0. The fourth-order valence-electron chi connectivity index (χ4n) is 3.16. The number of rotatable bonds is 7. The first-order valence-corrected chi connectivity index (χ1v) is 10.1. The maximum atomic E-state index is 6.43. The van der Waals surface area contributed by atoms with E-state index < -0.39 is 11.8 Å². The molecule has 9 nitrogen and oxygen atoms in total. The Labute approximate surface area is 182 Å². The lowest BCUT2D eigenvalue weighted by atomic mass is 9.85. The van der Waals surface area contributed by atoms with Crippen LogP contribution in [-0.4, -0.2) is 54.0 Å². The van der Waals surface area contributed by atoms with Crippen molar-refractivity contribution in [2.24, 2.45) is 5.41 Å². The molecule has 0 amide bonds. The molecule has 30 heavy (non-hydrogen) atoms. The molecule has 0 aliphatic heterocycles. The molecule has 0 spiro atoms. The van der Waals surface area contributed by atoms with Gasteiger partial charge in [-0.3, -0.25) is 4.90 Å². The van der Waals surface area contributed by atoms with Crippen LogP contribution in [0.3, 0.4) is 0 Å². The van der Waals surface area contributed by atoms with E-state index in [2.05, 4.69) is 65.1 Å². The lowest BCUT2D eigenvalue weighted by Gasteiger charge is -2.39. The lowest BCUT2D eigenvalue weighted by molar-refractivity contribution is -0.00445. The van der Waals surface area contributed by atoms with Gasteiger partial charge in [0.2, 0.25) is 6.23 Å². The molecule has 0 radical (unpaired) electrons. The molecule has 2 atom stereocenters. The molecular formula is C20H29ClN8O. The second-order valence-electron chi connectivity index (χ2n) is 9.05. The molecule has 3 rings (SSSR count). The summed E-state index contributed by atoms with van der Waals surface area (Å²) >= 11 is 6.05.